The van der Waals surface area contributed by atoms with Crippen LogP contribution >= 0.6 is 0 Å². The van der Waals surface area contributed by atoms with Crippen LogP contribution in [0.25, 0.3) is 22.0 Å². The molecule has 0 radical (unpaired) electrons. The van der Waals surface area contributed by atoms with Crippen molar-refractivity contribution >= 4 is 10.8 Å². The molecule has 1 heterocycles. The number of hydrogen-bond donors (Lipinski definition) is 0. The Bertz CT molecular complexity index is 821. The molecule has 3 rings (SSSR count). The van der Waals surface area contributed by atoms with Crippen LogP contribution in [-0.4, -0.2) is 17.1 Å². The maximum Gasteiger partial charge on any atom is 0.166 e. The molecule has 3 aromatic rings. The number of methoxy groups -OCH3 is 1. The topological polar surface area (TPSA) is 58.8 Å². The van der Waals surface area contributed by atoms with E-state index >= 15 is 0 Å². The lowest BCUT2D eigenvalue weighted by atomic mass is 10.0. The number of hydrogen-bond acceptors (Lipinski definition) is 4. The number of rotatable bonds is 2. The molecule has 0 aliphatic heterocycles. The predicted octanol–water partition coefficient (Wildman–Crippen LogP) is 3.18. The molecule has 0 atom stereocenters. The zero-order chi connectivity index (χ0) is 13.9. The third-order valence-corrected chi connectivity index (χ3v) is 3.13. The summed E-state index contributed by atoms with van der Waals surface area (Å²) >= 11 is 0. The Labute approximate surface area is 116 Å². The molecule has 2 aromatic carbocycles. The summed E-state index contributed by atoms with van der Waals surface area (Å²) in [6.45, 7) is 0. The van der Waals surface area contributed by atoms with Crippen molar-refractivity contribution in [2.75, 3.05) is 7.11 Å². The van der Waals surface area contributed by atoms with Gasteiger partial charge in [-0.3, -0.25) is 4.98 Å². The first-order chi connectivity index (χ1) is 9.83. The van der Waals surface area contributed by atoms with Gasteiger partial charge in [0.05, 0.1) is 7.11 Å². The number of ether oxygens (including phenoxy) is 1. The fourth-order valence-electron chi connectivity index (χ4n) is 2.19. The molecule has 0 N–H and O–H groups in total. The van der Waals surface area contributed by atoms with Gasteiger partial charge < -0.3 is 4.74 Å². The molecular weight excluding hydrogens is 250 g/mol. The Kier molecular flexibility index (Phi) is 3.02. The summed E-state index contributed by atoms with van der Waals surface area (Å²) < 4.78 is 5.43. The molecule has 0 fully saturated rings. The van der Waals surface area contributed by atoms with Gasteiger partial charge in [-0.15, -0.1) is 0 Å². The van der Waals surface area contributed by atoms with E-state index in [0.29, 0.717) is 17.1 Å². The quantitative estimate of drug-likeness (QED) is 0.711. The molecule has 0 spiro atoms. The Balaban J connectivity index is 2.32. The predicted molar refractivity (Wildman–Crippen MR) is 76.2 cm³/mol. The summed E-state index contributed by atoms with van der Waals surface area (Å²) in [5.74, 6) is 0.681. The molecule has 0 aliphatic rings. The second kappa shape index (κ2) is 4.98. The van der Waals surface area contributed by atoms with E-state index in [4.69, 9.17) is 10.00 Å². The van der Waals surface area contributed by atoms with Crippen LogP contribution in [0.4, 0.5) is 0 Å². The van der Waals surface area contributed by atoms with E-state index < -0.39 is 0 Å². The average molecular weight is 261 g/mol. The highest BCUT2D eigenvalue weighted by atomic mass is 16.5. The van der Waals surface area contributed by atoms with Crippen LogP contribution in [0.2, 0.25) is 0 Å². The standard InChI is InChI=1S/C16H11N3O/c1-20-15-9-12-5-3-2-4-11(12)8-13(15)16-14(10-17)18-6-7-19-16/h2-9H,1H3. The van der Waals surface area contributed by atoms with E-state index in [2.05, 4.69) is 16.0 Å². The number of fused-ring (bicyclic) bond motifs is 1. The molecule has 1 aromatic heterocycles. The van der Waals surface area contributed by atoms with Crippen molar-refractivity contribution in [3.8, 4) is 23.1 Å². The van der Waals surface area contributed by atoms with Gasteiger partial charge >= 0.3 is 0 Å². The minimum atomic E-state index is 0.293. The third kappa shape index (κ3) is 1.95. The molecule has 4 nitrogen and oxygen atoms in total. The minimum absolute atomic E-state index is 0.293. The summed E-state index contributed by atoms with van der Waals surface area (Å²) in [6, 6.07) is 14.0. The Morgan fingerprint density at radius 1 is 1.05 bits per heavy atom. The Hall–Kier alpha value is -2.93. The third-order valence-electron chi connectivity index (χ3n) is 3.13. The highest BCUT2D eigenvalue weighted by Crippen LogP contribution is 2.33. The smallest absolute Gasteiger partial charge is 0.166 e. The zero-order valence-electron chi connectivity index (χ0n) is 10.9. The van der Waals surface area contributed by atoms with E-state index in [0.717, 1.165) is 16.3 Å². The van der Waals surface area contributed by atoms with Crippen molar-refractivity contribution in [2.24, 2.45) is 0 Å². The Morgan fingerprint density at radius 2 is 1.75 bits per heavy atom. The van der Waals surface area contributed by atoms with Gasteiger partial charge in [-0.1, -0.05) is 24.3 Å². The second-order valence-corrected chi connectivity index (χ2v) is 4.27. The molecule has 0 bridgehead atoms. The SMILES string of the molecule is COc1cc2ccccc2cc1-c1nccnc1C#N. The van der Waals surface area contributed by atoms with E-state index in [-0.39, 0.29) is 0 Å². The molecule has 20 heavy (non-hydrogen) atoms. The van der Waals surface area contributed by atoms with Crippen molar-refractivity contribution in [3.05, 3.63) is 54.5 Å². The highest BCUT2D eigenvalue weighted by Gasteiger charge is 2.13. The molecule has 0 unspecified atom stereocenters. The van der Waals surface area contributed by atoms with Crippen LogP contribution in [0.5, 0.6) is 5.75 Å². The zero-order valence-corrected chi connectivity index (χ0v) is 10.9. The van der Waals surface area contributed by atoms with Gasteiger partial charge in [0.15, 0.2) is 5.69 Å². The van der Waals surface area contributed by atoms with Crippen LogP contribution in [0.1, 0.15) is 5.69 Å². The first-order valence-electron chi connectivity index (χ1n) is 6.11. The molecule has 0 saturated heterocycles. The molecule has 0 saturated carbocycles. The van der Waals surface area contributed by atoms with Crippen molar-refractivity contribution < 1.29 is 4.74 Å². The fraction of sp³-hybridized carbons (Fsp3) is 0.0625. The summed E-state index contributed by atoms with van der Waals surface area (Å²) in [7, 11) is 1.61. The molecular formula is C16H11N3O. The number of nitriles is 1. The van der Waals surface area contributed by atoms with E-state index in [9.17, 15) is 0 Å². The average Bonchev–Trinajstić information content (AvgIpc) is 2.53. The highest BCUT2D eigenvalue weighted by molar-refractivity contribution is 5.90. The Morgan fingerprint density at radius 3 is 2.45 bits per heavy atom. The van der Waals surface area contributed by atoms with Gasteiger partial charge in [-0.25, -0.2) is 4.98 Å². The summed E-state index contributed by atoms with van der Waals surface area (Å²) in [5.41, 5.74) is 1.61. The van der Waals surface area contributed by atoms with Crippen LogP contribution in [-0.2, 0) is 0 Å². The summed E-state index contributed by atoms with van der Waals surface area (Å²) in [6.07, 6.45) is 3.08. The summed E-state index contributed by atoms with van der Waals surface area (Å²) in [4.78, 5) is 8.32. The van der Waals surface area contributed by atoms with Crippen molar-refractivity contribution in [1.29, 1.82) is 5.26 Å². The largest absolute Gasteiger partial charge is 0.496 e. The van der Waals surface area contributed by atoms with Crippen molar-refractivity contribution in [1.82, 2.24) is 9.97 Å². The van der Waals surface area contributed by atoms with Crippen LogP contribution in [0, 0.1) is 11.3 Å². The molecule has 0 amide bonds. The maximum absolute atomic E-state index is 9.16. The van der Waals surface area contributed by atoms with E-state index in [1.807, 2.05) is 36.4 Å². The fourth-order valence-corrected chi connectivity index (χ4v) is 2.19. The maximum atomic E-state index is 9.16. The van der Waals surface area contributed by atoms with Gasteiger partial charge in [-0.2, -0.15) is 5.26 Å². The van der Waals surface area contributed by atoms with Gasteiger partial charge in [-0.05, 0) is 22.9 Å². The number of benzene rings is 2. The van der Waals surface area contributed by atoms with Gasteiger partial charge in [0, 0.05) is 18.0 Å². The molecule has 4 heteroatoms. The summed E-state index contributed by atoms with van der Waals surface area (Å²) in [5, 5.41) is 11.3. The minimum Gasteiger partial charge on any atom is -0.496 e. The normalized spacial score (nSPS) is 10.2. The van der Waals surface area contributed by atoms with Crippen molar-refractivity contribution in [3.63, 3.8) is 0 Å². The first kappa shape index (κ1) is 12.1. The van der Waals surface area contributed by atoms with Crippen molar-refractivity contribution in [2.45, 2.75) is 0 Å². The van der Waals surface area contributed by atoms with Crippen LogP contribution in [0.3, 0.4) is 0 Å². The monoisotopic (exact) mass is 261 g/mol. The first-order valence-corrected chi connectivity index (χ1v) is 6.11. The lowest BCUT2D eigenvalue weighted by Gasteiger charge is -2.10. The van der Waals surface area contributed by atoms with Crippen LogP contribution < -0.4 is 4.74 Å². The van der Waals surface area contributed by atoms with Gasteiger partial charge in [0.1, 0.15) is 17.5 Å². The molecule has 0 aliphatic carbocycles. The second-order valence-electron chi connectivity index (χ2n) is 4.27. The number of aromatic nitrogens is 2. The van der Waals surface area contributed by atoms with Gasteiger partial charge in [0.25, 0.3) is 0 Å². The van der Waals surface area contributed by atoms with Crippen LogP contribution in [0.15, 0.2) is 48.8 Å². The van der Waals surface area contributed by atoms with E-state index in [1.54, 1.807) is 13.3 Å². The van der Waals surface area contributed by atoms with E-state index in [1.165, 1.54) is 6.20 Å². The molecule has 96 valence electrons. The lowest BCUT2D eigenvalue weighted by molar-refractivity contribution is 0.417. The lowest BCUT2D eigenvalue weighted by Crippen LogP contribution is -1.95. The van der Waals surface area contributed by atoms with Gasteiger partial charge in [0.2, 0.25) is 0 Å². The number of nitrogens with zero attached hydrogens (tertiary/aromatic N) is 3.